The van der Waals surface area contributed by atoms with E-state index in [-0.39, 0.29) is 6.04 Å². The third-order valence-corrected chi connectivity index (χ3v) is 5.14. The summed E-state index contributed by atoms with van der Waals surface area (Å²) in [5, 5.41) is 6.63. The molecule has 1 aromatic carbocycles. The second-order valence-electron chi connectivity index (χ2n) is 3.55. The highest BCUT2D eigenvalue weighted by molar-refractivity contribution is 14.1. The van der Waals surface area contributed by atoms with Crippen LogP contribution in [0.25, 0.3) is 0 Å². The first kappa shape index (κ1) is 13.6. The molecule has 2 aromatic rings. The minimum Gasteiger partial charge on any atom is -0.309 e. The van der Waals surface area contributed by atoms with Gasteiger partial charge in [-0.1, -0.05) is 35.3 Å². The minimum atomic E-state index is 0.0842. The zero-order valence-electron chi connectivity index (χ0n) is 9.01. The van der Waals surface area contributed by atoms with Crippen LogP contribution >= 0.6 is 57.1 Å². The third kappa shape index (κ3) is 2.96. The fourth-order valence-electron chi connectivity index (χ4n) is 1.72. The predicted octanol–water partition coefficient (Wildman–Crippen LogP) is 4.97. The molecule has 2 rings (SSSR count). The van der Waals surface area contributed by atoms with E-state index >= 15 is 0 Å². The molecule has 0 radical (unpaired) electrons. The summed E-state index contributed by atoms with van der Waals surface area (Å²) in [7, 11) is 1.92. The van der Waals surface area contributed by atoms with Crippen LogP contribution in [0.15, 0.2) is 29.6 Å². The van der Waals surface area contributed by atoms with Crippen molar-refractivity contribution in [2.45, 2.75) is 6.04 Å². The highest BCUT2D eigenvalue weighted by Gasteiger charge is 2.17. The molecule has 0 aliphatic carbocycles. The Morgan fingerprint density at radius 1 is 1.35 bits per heavy atom. The van der Waals surface area contributed by atoms with Gasteiger partial charge in [-0.2, -0.15) is 0 Å². The first-order valence-corrected chi connectivity index (χ1v) is 7.70. The van der Waals surface area contributed by atoms with Gasteiger partial charge in [-0.05, 0) is 58.3 Å². The molecule has 0 fully saturated rings. The summed E-state index contributed by atoms with van der Waals surface area (Å²) >= 11 is 16.3. The monoisotopic (exact) mass is 397 g/mol. The first-order chi connectivity index (χ1) is 8.13. The molecular weight excluding hydrogens is 388 g/mol. The topological polar surface area (TPSA) is 12.0 Å². The molecule has 90 valence electrons. The van der Waals surface area contributed by atoms with Crippen LogP contribution in [-0.4, -0.2) is 7.05 Å². The zero-order chi connectivity index (χ0) is 12.4. The van der Waals surface area contributed by atoms with E-state index in [1.807, 2.05) is 19.2 Å². The Hall–Kier alpha value is 0.190. The zero-order valence-corrected chi connectivity index (χ0v) is 13.5. The molecular formula is C12H10Cl2INS. The van der Waals surface area contributed by atoms with Gasteiger partial charge in [-0.3, -0.25) is 0 Å². The highest BCUT2D eigenvalue weighted by Crippen LogP contribution is 2.34. The van der Waals surface area contributed by atoms with Crippen LogP contribution in [0.1, 0.15) is 17.2 Å². The number of hydrogen-bond acceptors (Lipinski definition) is 2. The van der Waals surface area contributed by atoms with Crippen LogP contribution in [0.4, 0.5) is 0 Å². The number of halogens is 3. The van der Waals surface area contributed by atoms with E-state index in [9.17, 15) is 0 Å². The maximum absolute atomic E-state index is 6.25. The van der Waals surface area contributed by atoms with Gasteiger partial charge in [0.2, 0.25) is 0 Å². The number of thiophene rings is 1. The highest BCUT2D eigenvalue weighted by atomic mass is 127. The average Bonchev–Trinajstić information content (AvgIpc) is 2.72. The number of nitrogens with one attached hydrogen (secondary N) is 1. The molecule has 1 nitrogen and oxygen atoms in total. The normalized spacial score (nSPS) is 12.7. The van der Waals surface area contributed by atoms with E-state index in [0.29, 0.717) is 10.0 Å². The molecule has 0 amide bonds. The Morgan fingerprint density at radius 2 is 2.12 bits per heavy atom. The van der Waals surface area contributed by atoms with Crippen molar-refractivity contribution in [3.63, 3.8) is 0 Å². The van der Waals surface area contributed by atoms with Crippen LogP contribution < -0.4 is 5.32 Å². The molecule has 0 saturated heterocycles. The van der Waals surface area contributed by atoms with Crippen LogP contribution in [0.3, 0.4) is 0 Å². The molecule has 0 spiro atoms. The Balaban J connectivity index is 2.45. The van der Waals surface area contributed by atoms with Crippen molar-refractivity contribution in [3.8, 4) is 0 Å². The van der Waals surface area contributed by atoms with Gasteiger partial charge < -0.3 is 5.32 Å². The van der Waals surface area contributed by atoms with Gasteiger partial charge in [-0.15, -0.1) is 11.3 Å². The van der Waals surface area contributed by atoms with Crippen molar-refractivity contribution in [3.05, 3.63) is 53.7 Å². The summed E-state index contributed by atoms with van der Waals surface area (Å²) in [5.41, 5.74) is 2.22. The molecule has 1 unspecified atom stereocenters. The maximum Gasteiger partial charge on any atom is 0.0656 e. The largest absolute Gasteiger partial charge is 0.309 e. The lowest BCUT2D eigenvalue weighted by molar-refractivity contribution is 0.694. The Labute approximate surface area is 128 Å². The molecule has 1 heterocycles. The van der Waals surface area contributed by atoms with Crippen molar-refractivity contribution in [1.82, 2.24) is 5.32 Å². The Morgan fingerprint density at radius 3 is 2.71 bits per heavy atom. The van der Waals surface area contributed by atoms with E-state index < -0.39 is 0 Å². The van der Waals surface area contributed by atoms with Gasteiger partial charge in [0.1, 0.15) is 0 Å². The second-order valence-corrected chi connectivity index (χ2v) is 7.14. The molecule has 0 saturated carbocycles. The predicted molar refractivity (Wildman–Crippen MR) is 84.4 cm³/mol. The van der Waals surface area contributed by atoms with Gasteiger partial charge >= 0.3 is 0 Å². The quantitative estimate of drug-likeness (QED) is 0.721. The van der Waals surface area contributed by atoms with Gasteiger partial charge in [0, 0.05) is 0 Å². The summed E-state index contributed by atoms with van der Waals surface area (Å²) in [5.74, 6) is 0. The van der Waals surface area contributed by atoms with Gasteiger partial charge in [-0.25, -0.2) is 0 Å². The summed E-state index contributed by atoms with van der Waals surface area (Å²) in [6, 6.07) is 7.97. The van der Waals surface area contributed by atoms with Crippen LogP contribution in [-0.2, 0) is 0 Å². The molecule has 1 atom stereocenters. The molecule has 1 aromatic heterocycles. The van der Waals surface area contributed by atoms with Crippen molar-refractivity contribution >= 4 is 57.1 Å². The summed E-state index contributed by atoms with van der Waals surface area (Å²) in [6.45, 7) is 0. The lowest BCUT2D eigenvalue weighted by Gasteiger charge is -2.17. The minimum absolute atomic E-state index is 0.0842. The average molecular weight is 398 g/mol. The van der Waals surface area contributed by atoms with E-state index in [1.165, 1.54) is 8.45 Å². The maximum atomic E-state index is 6.25. The summed E-state index contributed by atoms with van der Waals surface area (Å²) < 4.78 is 1.26. The molecule has 0 bridgehead atoms. The smallest absolute Gasteiger partial charge is 0.0656 e. The summed E-state index contributed by atoms with van der Waals surface area (Å²) in [4.78, 5) is 0. The van der Waals surface area contributed by atoms with Crippen molar-refractivity contribution in [2.75, 3.05) is 7.05 Å². The third-order valence-electron chi connectivity index (χ3n) is 2.50. The number of benzene rings is 1. The Kier molecular flexibility index (Phi) is 4.72. The summed E-state index contributed by atoms with van der Waals surface area (Å²) in [6.07, 6.45) is 0. The van der Waals surface area contributed by atoms with E-state index in [2.05, 4.69) is 39.4 Å². The lowest BCUT2D eigenvalue weighted by Crippen LogP contribution is -2.17. The SMILES string of the molecule is CNC(c1csc(I)c1)c1cccc(Cl)c1Cl. The van der Waals surface area contributed by atoms with Crippen LogP contribution in [0.5, 0.6) is 0 Å². The number of rotatable bonds is 3. The molecule has 0 aliphatic heterocycles. The van der Waals surface area contributed by atoms with Gasteiger partial charge in [0.25, 0.3) is 0 Å². The van der Waals surface area contributed by atoms with Crippen molar-refractivity contribution in [2.24, 2.45) is 0 Å². The lowest BCUT2D eigenvalue weighted by atomic mass is 10.0. The van der Waals surface area contributed by atoms with Crippen molar-refractivity contribution < 1.29 is 0 Å². The molecule has 5 heteroatoms. The molecule has 0 aliphatic rings. The Bertz CT molecular complexity index is 527. The second kappa shape index (κ2) is 5.89. The van der Waals surface area contributed by atoms with E-state index in [1.54, 1.807) is 17.4 Å². The molecule has 1 N–H and O–H groups in total. The van der Waals surface area contributed by atoms with E-state index in [4.69, 9.17) is 23.2 Å². The molecule has 17 heavy (non-hydrogen) atoms. The fraction of sp³-hybridized carbons (Fsp3) is 0.167. The fourth-order valence-corrected chi connectivity index (χ4v) is 3.53. The van der Waals surface area contributed by atoms with Gasteiger partial charge in [0.05, 0.1) is 19.0 Å². The van der Waals surface area contributed by atoms with Gasteiger partial charge in [0.15, 0.2) is 0 Å². The van der Waals surface area contributed by atoms with Crippen LogP contribution in [0.2, 0.25) is 10.0 Å². The van der Waals surface area contributed by atoms with Crippen LogP contribution in [0, 0.1) is 2.88 Å². The number of hydrogen-bond donors (Lipinski definition) is 1. The van der Waals surface area contributed by atoms with Crippen molar-refractivity contribution in [1.29, 1.82) is 0 Å². The van der Waals surface area contributed by atoms with E-state index in [0.717, 1.165) is 5.56 Å². The standard InChI is InChI=1S/C12H10Cl2INS/c1-16-12(7-5-10(15)17-6-7)8-3-2-4-9(13)11(8)14/h2-6,12,16H,1H3. The first-order valence-electron chi connectivity index (χ1n) is 4.98.